The average Bonchev–Trinajstić information content (AvgIpc) is 3.48. The van der Waals surface area contributed by atoms with Crippen LogP contribution in [0.25, 0.3) is 0 Å². The molecule has 1 aromatic rings. The number of piperidine rings is 2. The van der Waals surface area contributed by atoms with E-state index >= 15 is 0 Å². The second kappa shape index (κ2) is 6.09. The number of ether oxygens (including phenoxy) is 1. The van der Waals surface area contributed by atoms with Gasteiger partial charge in [0.25, 0.3) is 0 Å². The molecule has 2 heterocycles. The summed E-state index contributed by atoms with van der Waals surface area (Å²) in [5.41, 5.74) is 3.42. The summed E-state index contributed by atoms with van der Waals surface area (Å²) < 4.78 is 5.50. The van der Waals surface area contributed by atoms with Crippen LogP contribution in [-0.4, -0.2) is 36.1 Å². The molecule has 0 radical (unpaired) electrons. The third kappa shape index (κ3) is 2.32. The largest absolute Gasteiger partial charge is 0.466 e. The van der Waals surface area contributed by atoms with Gasteiger partial charge in [-0.2, -0.15) is 0 Å². The molecule has 5 atom stereocenters. The van der Waals surface area contributed by atoms with Crippen LogP contribution in [-0.2, 0) is 21.4 Å². The third-order valence-electron chi connectivity index (χ3n) is 7.94. The Morgan fingerprint density at radius 1 is 1.23 bits per heavy atom. The van der Waals surface area contributed by atoms with E-state index in [-0.39, 0.29) is 17.3 Å². The average molecular weight is 354 g/mol. The van der Waals surface area contributed by atoms with Crippen molar-refractivity contribution in [1.29, 1.82) is 0 Å². The maximum Gasteiger partial charge on any atom is 0.310 e. The molecule has 26 heavy (non-hydrogen) atoms. The van der Waals surface area contributed by atoms with E-state index in [1.165, 1.54) is 32.2 Å². The highest BCUT2D eigenvalue weighted by Gasteiger charge is 2.62. The van der Waals surface area contributed by atoms with Crippen LogP contribution in [0.4, 0.5) is 0 Å². The zero-order chi connectivity index (χ0) is 17.9. The molecule has 5 aliphatic rings. The molecule has 6 rings (SSSR count). The number of esters is 1. The SMILES string of the molecule is CCOC(=O)C1CC2C3Cc4ccccc4C2(CC)CC1N3CC1CC1. The zero-order valence-corrected chi connectivity index (χ0v) is 16.1. The fraction of sp³-hybridized carbons (Fsp3) is 0.696. The van der Waals surface area contributed by atoms with Gasteiger partial charge in [-0.3, -0.25) is 9.69 Å². The van der Waals surface area contributed by atoms with E-state index in [4.69, 9.17) is 4.74 Å². The standard InChI is InChI=1S/C23H31NO2/c1-3-23-13-21-17(22(25)26-4-2)12-19(23)20(24(21)14-15-9-10-15)11-16-7-5-6-8-18(16)23/h5-8,15,17,19-21H,3-4,9-14H2,1-2H3. The van der Waals surface area contributed by atoms with Crippen LogP contribution in [0, 0.1) is 17.8 Å². The lowest BCUT2D eigenvalue weighted by Crippen LogP contribution is -2.70. The minimum atomic E-state index is 0.0558. The summed E-state index contributed by atoms with van der Waals surface area (Å²) in [6.07, 6.45) is 7.27. The van der Waals surface area contributed by atoms with Crippen molar-refractivity contribution in [3.05, 3.63) is 35.4 Å². The first-order valence-electron chi connectivity index (χ1n) is 10.7. The molecule has 0 aromatic heterocycles. The Morgan fingerprint density at radius 2 is 2.04 bits per heavy atom. The van der Waals surface area contributed by atoms with Crippen molar-refractivity contribution in [3.63, 3.8) is 0 Å². The Balaban J connectivity index is 1.56. The van der Waals surface area contributed by atoms with Crippen molar-refractivity contribution in [1.82, 2.24) is 4.90 Å². The van der Waals surface area contributed by atoms with Gasteiger partial charge in [-0.15, -0.1) is 0 Å². The molecule has 140 valence electrons. The lowest BCUT2D eigenvalue weighted by molar-refractivity contribution is -0.168. The van der Waals surface area contributed by atoms with Gasteiger partial charge in [0, 0.05) is 24.0 Å². The molecule has 1 aromatic carbocycles. The maximum absolute atomic E-state index is 12.7. The minimum Gasteiger partial charge on any atom is -0.466 e. The van der Waals surface area contributed by atoms with Gasteiger partial charge in [0.05, 0.1) is 12.5 Å². The number of rotatable bonds is 5. The molecule has 4 fully saturated rings. The smallest absolute Gasteiger partial charge is 0.310 e. The van der Waals surface area contributed by atoms with E-state index in [1.807, 2.05) is 6.92 Å². The first kappa shape index (κ1) is 16.8. The van der Waals surface area contributed by atoms with Gasteiger partial charge < -0.3 is 4.74 Å². The van der Waals surface area contributed by atoms with Crippen molar-refractivity contribution in [2.75, 3.05) is 13.2 Å². The summed E-state index contributed by atoms with van der Waals surface area (Å²) >= 11 is 0. The Morgan fingerprint density at radius 3 is 2.77 bits per heavy atom. The number of carbonyl (C=O) groups excluding carboxylic acids is 1. The molecule has 0 amide bonds. The Labute approximate surface area is 157 Å². The van der Waals surface area contributed by atoms with Crippen molar-refractivity contribution < 1.29 is 9.53 Å². The molecule has 0 spiro atoms. The maximum atomic E-state index is 12.7. The Bertz CT molecular complexity index is 712. The quantitative estimate of drug-likeness (QED) is 0.751. The fourth-order valence-electron chi connectivity index (χ4n) is 6.62. The van der Waals surface area contributed by atoms with Crippen LogP contribution in [0.2, 0.25) is 0 Å². The van der Waals surface area contributed by atoms with Gasteiger partial charge in [-0.25, -0.2) is 0 Å². The third-order valence-corrected chi connectivity index (χ3v) is 7.94. The predicted molar refractivity (Wildman–Crippen MR) is 102 cm³/mol. The topological polar surface area (TPSA) is 29.5 Å². The molecule has 3 aliphatic carbocycles. The Kier molecular flexibility index (Phi) is 3.93. The molecule has 2 saturated carbocycles. The van der Waals surface area contributed by atoms with Crippen LogP contribution >= 0.6 is 0 Å². The van der Waals surface area contributed by atoms with E-state index < -0.39 is 0 Å². The van der Waals surface area contributed by atoms with Gasteiger partial charge in [0.15, 0.2) is 0 Å². The van der Waals surface area contributed by atoms with Gasteiger partial charge in [-0.05, 0) is 68.4 Å². The van der Waals surface area contributed by atoms with E-state index in [9.17, 15) is 4.79 Å². The molecule has 4 bridgehead atoms. The monoisotopic (exact) mass is 353 g/mol. The summed E-state index contributed by atoms with van der Waals surface area (Å²) in [7, 11) is 0. The summed E-state index contributed by atoms with van der Waals surface area (Å²) in [6.45, 7) is 5.99. The molecule has 2 aliphatic heterocycles. The normalized spacial score (nSPS) is 38.1. The second-order valence-electron chi connectivity index (χ2n) is 9.05. The van der Waals surface area contributed by atoms with Gasteiger partial charge >= 0.3 is 5.97 Å². The van der Waals surface area contributed by atoms with Crippen LogP contribution in [0.1, 0.15) is 57.1 Å². The molecule has 3 heteroatoms. The molecule has 5 unspecified atom stereocenters. The number of hydrogen-bond donors (Lipinski definition) is 0. The molecule has 3 nitrogen and oxygen atoms in total. The fourth-order valence-corrected chi connectivity index (χ4v) is 6.62. The number of carbonyl (C=O) groups is 1. The van der Waals surface area contributed by atoms with Crippen molar-refractivity contribution >= 4 is 5.97 Å². The van der Waals surface area contributed by atoms with Crippen molar-refractivity contribution in [2.24, 2.45) is 17.8 Å². The number of benzene rings is 1. The lowest BCUT2D eigenvalue weighted by Gasteiger charge is -2.65. The van der Waals surface area contributed by atoms with Crippen LogP contribution < -0.4 is 0 Å². The number of hydrogen-bond acceptors (Lipinski definition) is 3. The highest BCUT2D eigenvalue weighted by atomic mass is 16.5. The number of fused-ring (bicyclic) bond motifs is 2. The van der Waals surface area contributed by atoms with Gasteiger partial charge in [0.1, 0.15) is 0 Å². The van der Waals surface area contributed by atoms with Crippen LogP contribution in [0.3, 0.4) is 0 Å². The number of nitrogens with zero attached hydrogens (tertiary/aromatic N) is 1. The highest BCUT2D eigenvalue weighted by molar-refractivity contribution is 5.74. The summed E-state index contributed by atoms with van der Waals surface area (Å²) in [5, 5.41) is 0. The minimum absolute atomic E-state index is 0.0558. The summed E-state index contributed by atoms with van der Waals surface area (Å²) in [6, 6.07) is 10.1. The van der Waals surface area contributed by atoms with E-state index in [0.717, 1.165) is 18.8 Å². The van der Waals surface area contributed by atoms with Crippen molar-refractivity contribution in [3.8, 4) is 0 Å². The van der Waals surface area contributed by atoms with E-state index in [0.29, 0.717) is 24.6 Å². The Hall–Kier alpha value is -1.35. The van der Waals surface area contributed by atoms with Gasteiger partial charge in [0.2, 0.25) is 0 Å². The predicted octanol–water partition coefficient (Wildman–Crippen LogP) is 3.94. The summed E-state index contributed by atoms with van der Waals surface area (Å²) in [4.78, 5) is 15.5. The molecular weight excluding hydrogens is 322 g/mol. The van der Waals surface area contributed by atoms with Crippen LogP contribution in [0.15, 0.2) is 24.3 Å². The van der Waals surface area contributed by atoms with Crippen LogP contribution in [0.5, 0.6) is 0 Å². The lowest BCUT2D eigenvalue weighted by atomic mass is 9.48. The highest BCUT2D eigenvalue weighted by Crippen LogP contribution is 2.60. The first-order valence-corrected chi connectivity index (χ1v) is 10.7. The molecule has 2 saturated heterocycles. The van der Waals surface area contributed by atoms with E-state index in [2.05, 4.69) is 36.1 Å². The van der Waals surface area contributed by atoms with E-state index in [1.54, 1.807) is 11.1 Å². The molecular formula is C23H31NO2. The first-order chi connectivity index (χ1) is 12.7. The summed E-state index contributed by atoms with van der Waals surface area (Å²) in [5.74, 6) is 1.60. The van der Waals surface area contributed by atoms with Crippen molar-refractivity contribution in [2.45, 2.75) is 69.9 Å². The molecule has 0 N–H and O–H groups in total. The van der Waals surface area contributed by atoms with Gasteiger partial charge in [-0.1, -0.05) is 31.2 Å². The zero-order valence-electron chi connectivity index (χ0n) is 16.1. The second-order valence-corrected chi connectivity index (χ2v) is 9.05.